The Morgan fingerprint density at radius 2 is 2.23 bits per heavy atom. The van der Waals surface area contributed by atoms with Gasteiger partial charge in [0.2, 0.25) is 5.91 Å². The molecular weight excluding hydrogens is 309 g/mol. The van der Waals surface area contributed by atoms with Crippen molar-refractivity contribution in [2.45, 2.75) is 31.3 Å². The Morgan fingerprint density at radius 3 is 2.86 bits per heavy atom. The van der Waals surface area contributed by atoms with Crippen LogP contribution in [0, 0.1) is 5.82 Å². The summed E-state index contributed by atoms with van der Waals surface area (Å²) < 4.78 is 19.4. The van der Waals surface area contributed by atoms with Crippen molar-refractivity contribution < 1.29 is 18.7 Å². The van der Waals surface area contributed by atoms with Crippen molar-refractivity contribution in [1.29, 1.82) is 0 Å². The molecule has 2 heterocycles. The lowest BCUT2D eigenvalue weighted by Gasteiger charge is -2.37. The van der Waals surface area contributed by atoms with E-state index in [-0.39, 0.29) is 35.2 Å². The van der Waals surface area contributed by atoms with Crippen LogP contribution in [0.15, 0.2) is 18.2 Å². The maximum Gasteiger partial charge on any atom is 0.227 e. The zero-order chi connectivity index (χ0) is 15.7. The van der Waals surface area contributed by atoms with E-state index < -0.39 is 11.4 Å². The SMILES string of the molecule is O=C(Cc1c(F)cccc1Cl)N1CC[C@@]2(CCCO2)C(=O)C1. The number of carbonyl (C=O) groups excluding carboxylic acids is 2. The molecule has 2 aliphatic rings. The molecule has 2 aliphatic heterocycles. The molecule has 3 rings (SSSR count). The summed E-state index contributed by atoms with van der Waals surface area (Å²) in [5.74, 6) is -0.836. The normalized spacial score (nSPS) is 25.0. The number of ether oxygens (including phenoxy) is 1. The predicted octanol–water partition coefficient (Wildman–Crippen LogP) is 2.37. The van der Waals surface area contributed by atoms with Gasteiger partial charge in [0.25, 0.3) is 0 Å². The summed E-state index contributed by atoms with van der Waals surface area (Å²) in [6, 6.07) is 4.32. The highest BCUT2D eigenvalue weighted by Crippen LogP contribution is 2.33. The van der Waals surface area contributed by atoms with Crippen LogP contribution in [-0.2, 0) is 20.7 Å². The van der Waals surface area contributed by atoms with Crippen molar-refractivity contribution in [2.24, 2.45) is 0 Å². The van der Waals surface area contributed by atoms with Crippen molar-refractivity contribution in [3.05, 3.63) is 34.6 Å². The van der Waals surface area contributed by atoms with Crippen LogP contribution >= 0.6 is 11.6 Å². The molecule has 2 saturated heterocycles. The zero-order valence-electron chi connectivity index (χ0n) is 12.1. The van der Waals surface area contributed by atoms with E-state index in [2.05, 4.69) is 0 Å². The third-order valence-corrected chi connectivity index (χ3v) is 4.83. The van der Waals surface area contributed by atoms with Crippen LogP contribution < -0.4 is 0 Å². The smallest absolute Gasteiger partial charge is 0.227 e. The van der Waals surface area contributed by atoms with E-state index in [0.717, 1.165) is 12.8 Å². The van der Waals surface area contributed by atoms with Gasteiger partial charge in [0.1, 0.15) is 11.4 Å². The number of hydrogen-bond acceptors (Lipinski definition) is 3. The molecule has 118 valence electrons. The number of likely N-dealkylation sites (tertiary alicyclic amines) is 1. The topological polar surface area (TPSA) is 46.6 Å². The molecule has 1 amide bonds. The van der Waals surface area contributed by atoms with Crippen molar-refractivity contribution in [3.8, 4) is 0 Å². The minimum Gasteiger partial charge on any atom is -0.367 e. The molecule has 0 radical (unpaired) electrons. The molecule has 1 atom stereocenters. The van der Waals surface area contributed by atoms with Gasteiger partial charge in [0, 0.05) is 30.2 Å². The first kappa shape index (κ1) is 15.4. The van der Waals surface area contributed by atoms with Gasteiger partial charge in [-0.2, -0.15) is 0 Å². The summed E-state index contributed by atoms with van der Waals surface area (Å²) in [6.07, 6.45) is 1.99. The summed E-state index contributed by atoms with van der Waals surface area (Å²) >= 11 is 5.94. The van der Waals surface area contributed by atoms with Crippen molar-refractivity contribution in [3.63, 3.8) is 0 Å². The molecule has 6 heteroatoms. The standard InChI is InChI=1S/C16H17ClFNO3/c17-12-3-1-4-13(18)11(12)9-15(21)19-7-6-16(14(20)10-19)5-2-8-22-16/h1,3-4H,2,5-10H2/t16-/m0/s1. The number of Topliss-reactive ketones (excluding diaryl/α,β-unsaturated/α-hetero) is 1. The van der Waals surface area contributed by atoms with E-state index in [4.69, 9.17) is 16.3 Å². The van der Waals surface area contributed by atoms with Crippen molar-refractivity contribution in [1.82, 2.24) is 4.90 Å². The van der Waals surface area contributed by atoms with Gasteiger partial charge in [-0.05, 0) is 25.0 Å². The fourth-order valence-corrected chi connectivity index (χ4v) is 3.37. The van der Waals surface area contributed by atoms with Crippen LogP contribution in [0.2, 0.25) is 5.02 Å². The number of hydrogen-bond donors (Lipinski definition) is 0. The zero-order valence-corrected chi connectivity index (χ0v) is 12.9. The number of piperidine rings is 1. The van der Waals surface area contributed by atoms with Crippen LogP contribution in [0.1, 0.15) is 24.8 Å². The lowest BCUT2D eigenvalue weighted by atomic mass is 9.87. The Balaban J connectivity index is 1.68. The summed E-state index contributed by atoms with van der Waals surface area (Å²) in [4.78, 5) is 26.1. The first-order valence-corrected chi connectivity index (χ1v) is 7.77. The largest absolute Gasteiger partial charge is 0.367 e. The molecule has 0 bridgehead atoms. The average Bonchev–Trinajstić information content (AvgIpc) is 2.96. The van der Waals surface area contributed by atoms with Crippen LogP contribution in [0.3, 0.4) is 0 Å². The maximum absolute atomic E-state index is 13.8. The second-order valence-electron chi connectivity index (χ2n) is 5.81. The monoisotopic (exact) mass is 325 g/mol. The Kier molecular flexibility index (Phi) is 4.19. The molecule has 0 aromatic heterocycles. The first-order valence-electron chi connectivity index (χ1n) is 7.40. The molecule has 0 unspecified atom stereocenters. The summed E-state index contributed by atoms with van der Waals surface area (Å²) in [6.45, 7) is 1.09. The highest BCUT2D eigenvalue weighted by atomic mass is 35.5. The van der Waals surface area contributed by atoms with Gasteiger partial charge in [0.15, 0.2) is 5.78 Å². The molecule has 4 nitrogen and oxygen atoms in total. The van der Waals surface area contributed by atoms with E-state index in [9.17, 15) is 14.0 Å². The molecule has 0 N–H and O–H groups in total. The van der Waals surface area contributed by atoms with Crippen molar-refractivity contribution in [2.75, 3.05) is 19.7 Å². The summed E-state index contributed by atoms with van der Waals surface area (Å²) in [5.41, 5.74) is -0.508. The Labute approximate surface area is 133 Å². The number of ketones is 1. The molecule has 2 fully saturated rings. The second-order valence-corrected chi connectivity index (χ2v) is 6.22. The molecule has 1 spiro atoms. The van der Waals surface area contributed by atoms with Gasteiger partial charge in [-0.3, -0.25) is 9.59 Å². The molecule has 22 heavy (non-hydrogen) atoms. The van der Waals surface area contributed by atoms with E-state index in [1.165, 1.54) is 17.0 Å². The Hall–Kier alpha value is -1.46. The van der Waals surface area contributed by atoms with Gasteiger partial charge in [-0.25, -0.2) is 4.39 Å². The number of amides is 1. The van der Waals surface area contributed by atoms with Crippen LogP contribution in [0.25, 0.3) is 0 Å². The van der Waals surface area contributed by atoms with E-state index in [1.54, 1.807) is 6.07 Å². The molecule has 0 aliphatic carbocycles. The number of rotatable bonds is 2. The van der Waals surface area contributed by atoms with E-state index >= 15 is 0 Å². The molecular formula is C16H17ClFNO3. The number of carbonyl (C=O) groups is 2. The fourth-order valence-electron chi connectivity index (χ4n) is 3.14. The molecule has 0 saturated carbocycles. The summed E-state index contributed by atoms with van der Waals surface area (Å²) in [5, 5.41) is 0.229. The molecule has 1 aromatic carbocycles. The van der Waals surface area contributed by atoms with E-state index in [1.807, 2.05) is 0 Å². The predicted molar refractivity (Wildman–Crippen MR) is 79.2 cm³/mol. The summed E-state index contributed by atoms with van der Waals surface area (Å²) in [7, 11) is 0. The highest BCUT2D eigenvalue weighted by Gasteiger charge is 2.46. The van der Waals surface area contributed by atoms with Crippen LogP contribution in [-0.4, -0.2) is 41.9 Å². The van der Waals surface area contributed by atoms with Gasteiger partial charge < -0.3 is 9.64 Å². The number of halogens is 2. The van der Waals surface area contributed by atoms with Gasteiger partial charge in [-0.15, -0.1) is 0 Å². The third kappa shape index (κ3) is 2.75. The lowest BCUT2D eigenvalue weighted by Crippen LogP contribution is -2.54. The minimum absolute atomic E-state index is 0.0326. The minimum atomic E-state index is -0.688. The number of benzene rings is 1. The molecule has 1 aromatic rings. The lowest BCUT2D eigenvalue weighted by molar-refractivity contribution is -0.152. The maximum atomic E-state index is 13.8. The first-order chi connectivity index (χ1) is 10.5. The third-order valence-electron chi connectivity index (χ3n) is 4.47. The van der Waals surface area contributed by atoms with Crippen molar-refractivity contribution >= 4 is 23.3 Å². The van der Waals surface area contributed by atoms with Gasteiger partial charge in [-0.1, -0.05) is 17.7 Å². The quantitative estimate of drug-likeness (QED) is 0.838. The van der Waals surface area contributed by atoms with Crippen LogP contribution in [0.5, 0.6) is 0 Å². The average molecular weight is 326 g/mol. The number of nitrogens with zero attached hydrogens (tertiary/aromatic N) is 1. The Bertz CT molecular complexity index is 593. The van der Waals surface area contributed by atoms with Crippen LogP contribution in [0.4, 0.5) is 4.39 Å². The fraction of sp³-hybridized carbons (Fsp3) is 0.500. The highest BCUT2D eigenvalue weighted by molar-refractivity contribution is 6.31. The second kappa shape index (κ2) is 5.97. The Morgan fingerprint density at radius 1 is 1.41 bits per heavy atom. The van der Waals surface area contributed by atoms with Gasteiger partial charge in [0.05, 0.1) is 13.0 Å². The van der Waals surface area contributed by atoms with E-state index in [0.29, 0.717) is 19.6 Å². The van der Waals surface area contributed by atoms with Gasteiger partial charge >= 0.3 is 0 Å².